The number of ether oxygens (including phenoxy) is 4. The first-order chi connectivity index (χ1) is 49.9. The molecule has 31 heteroatoms. The van der Waals surface area contributed by atoms with Gasteiger partial charge in [0.25, 0.3) is 0 Å². The Balaban J connectivity index is 1.02. The molecule has 2 saturated heterocycles. The molecule has 0 spiro atoms. The highest BCUT2D eigenvalue weighted by Crippen LogP contribution is 2.32. The van der Waals surface area contributed by atoms with Crippen LogP contribution in [0.15, 0.2) is 122 Å². The lowest BCUT2D eigenvalue weighted by molar-refractivity contribution is -0.144. The quantitative estimate of drug-likeness (QED) is 0.0530. The predicted molar refractivity (Wildman–Crippen MR) is 374 cm³/mol. The van der Waals surface area contributed by atoms with Crippen molar-refractivity contribution in [3.63, 3.8) is 0 Å². The summed E-state index contributed by atoms with van der Waals surface area (Å²) in [5, 5.41) is 57.9. The fraction of sp³-hybridized carbons (Fsp3) is 0.479. The minimum absolute atomic E-state index is 0.0147. The SMILES string of the molecule is CC[C@@H](C)C(=O)N[C@H](C(=O)N1C[C@@H]2C[C@H]1C(=O)N[C@@H](COCc1ccccc1)C(=O)N[C@H](C(=O)O)Cc1ccc(cc1)OCc1cn(nn1)[C@H]1C[C@@H](C(=O)N[C@@H](COCc3ccccc3)C(=O)N[C@H](C(=O)O)Cc3ccc(cc3)OCc3cn2nn3)N(C(=O)[C@@H](NC(=O)[C@H](C)NC)C(C)C)C1)C(C)C. The van der Waals surface area contributed by atoms with Gasteiger partial charge < -0.3 is 76.2 Å². The first-order valence-electron chi connectivity index (χ1n) is 34.9. The van der Waals surface area contributed by atoms with Crippen molar-refractivity contribution >= 4 is 59.2 Å². The zero-order valence-electron chi connectivity index (χ0n) is 59.5. The van der Waals surface area contributed by atoms with Gasteiger partial charge in [0.1, 0.15) is 84.4 Å². The number of benzene rings is 4. The topological polar surface area (TPSA) is 400 Å². The molecule has 31 nitrogen and oxygen atoms in total. The van der Waals surface area contributed by atoms with Gasteiger partial charge in [0.15, 0.2) is 0 Å². The van der Waals surface area contributed by atoms with Gasteiger partial charge in [-0.25, -0.2) is 19.0 Å². The monoisotopic (exact) mass is 1440 g/mol. The number of nitrogens with zero attached hydrogens (tertiary/aromatic N) is 8. The third-order valence-corrected chi connectivity index (χ3v) is 18.7. The van der Waals surface area contributed by atoms with Crippen molar-refractivity contribution in [2.24, 2.45) is 17.8 Å². The Morgan fingerprint density at radius 1 is 0.548 bits per heavy atom. The standard InChI is InChI=1S/C73H93N15O16/c1-9-44(6)64(89)79-62(42(2)3)70(95)85-34-52-30-60(85)68(93)77-58(40-101-36-48-16-12-10-13-17-48)66(91)75-56(72(97)98)28-46-22-26-55(27-23-46)104-39-51-33-88(84-82-51)53-31-61(86(35-53)71(96)63(43(4)5)80-65(90)45(7)74-8)69(94)78-59(41-102-37-49-18-14-11-15-19-49)67(92)76-57(73(99)100)29-47-20-24-54(25-21-47)103-38-50-32-87(52)83-81-50/h10-27,32-33,42-45,52-53,56-63,74H,9,28-31,34-41H2,1-8H3,(H,75,91)(H,76,92)(H,77,93)(H,78,94)(H,79,89)(H,80,90)(H,97,98)(H,99,100)/t44-,45+,52+,53+,56+,57+,58+,59+,60+,61+,62+,63+/m1/s1. The predicted octanol–water partition coefficient (Wildman–Crippen LogP) is 2.59. The molecule has 8 heterocycles. The fourth-order valence-corrected chi connectivity index (χ4v) is 12.2. The molecule has 2 aromatic heterocycles. The van der Waals surface area contributed by atoms with E-state index >= 15 is 0 Å². The number of likely N-dealkylation sites (N-methyl/N-ethyl adjacent to an activating group) is 1. The maximum Gasteiger partial charge on any atom is 0.326 e. The molecule has 6 aromatic rings. The number of carbonyl (C=O) groups excluding carboxylic acids is 8. The molecule has 2 fully saturated rings. The van der Waals surface area contributed by atoms with E-state index in [1.165, 1.54) is 19.2 Å². The van der Waals surface area contributed by atoms with Crippen LogP contribution in [0.4, 0.5) is 0 Å². The summed E-state index contributed by atoms with van der Waals surface area (Å²) in [4.78, 5) is 144. The lowest BCUT2D eigenvalue weighted by Gasteiger charge is -2.31. The van der Waals surface area contributed by atoms with E-state index in [1.54, 1.807) is 146 Å². The van der Waals surface area contributed by atoms with Crippen LogP contribution in [0, 0.1) is 17.8 Å². The minimum atomic E-state index is -1.53. The summed E-state index contributed by atoms with van der Waals surface area (Å²) in [7, 11) is 1.60. The number of carboxylic acids is 2. The van der Waals surface area contributed by atoms with Crippen LogP contribution >= 0.6 is 0 Å². The van der Waals surface area contributed by atoms with E-state index in [9.17, 15) is 58.2 Å². The number of rotatable bonds is 20. The molecule has 0 saturated carbocycles. The number of aliphatic carboxylic acids is 2. The first kappa shape index (κ1) is 77.5. The van der Waals surface area contributed by atoms with E-state index in [0.717, 1.165) is 11.1 Å². The van der Waals surface area contributed by atoms with Crippen molar-refractivity contribution in [1.82, 2.24) is 77.0 Å². The van der Waals surface area contributed by atoms with Gasteiger partial charge in [-0.2, -0.15) is 0 Å². The van der Waals surface area contributed by atoms with E-state index in [0.29, 0.717) is 40.4 Å². The second-order valence-electron chi connectivity index (χ2n) is 27.1. The average molecular weight is 1440 g/mol. The highest BCUT2D eigenvalue weighted by Gasteiger charge is 2.47. The first-order valence-corrected chi connectivity index (χ1v) is 34.9. The van der Waals surface area contributed by atoms with Gasteiger partial charge in [-0.3, -0.25) is 38.4 Å². The summed E-state index contributed by atoms with van der Waals surface area (Å²) in [5.74, 6) is -8.72. The third-order valence-electron chi connectivity index (χ3n) is 18.7. The molecule has 8 amide bonds. The summed E-state index contributed by atoms with van der Waals surface area (Å²) >= 11 is 0. The molecular weight excluding hydrogens is 1340 g/mol. The Labute approximate surface area is 602 Å². The van der Waals surface area contributed by atoms with Crippen LogP contribution in [0.25, 0.3) is 0 Å². The zero-order valence-corrected chi connectivity index (χ0v) is 59.5. The van der Waals surface area contributed by atoms with E-state index in [1.807, 2.05) is 31.2 Å². The summed E-state index contributed by atoms with van der Waals surface area (Å²) < 4.78 is 27.3. The van der Waals surface area contributed by atoms with Gasteiger partial charge >= 0.3 is 11.9 Å². The number of likely N-dealkylation sites (tertiary alicyclic amines) is 2. The smallest absolute Gasteiger partial charge is 0.326 e. The molecule has 12 bridgehead atoms. The molecule has 4 aromatic carbocycles. The number of hydrogen-bond acceptors (Lipinski definition) is 19. The normalized spacial score (nSPS) is 21.9. The molecule has 12 atom stereocenters. The Morgan fingerprint density at radius 2 is 0.942 bits per heavy atom. The van der Waals surface area contributed by atoms with Gasteiger partial charge in [-0.05, 0) is 78.7 Å². The van der Waals surface area contributed by atoms with Crippen LogP contribution in [0.2, 0.25) is 0 Å². The average Bonchev–Trinajstić information content (AvgIpc) is 1.64. The van der Waals surface area contributed by atoms with E-state index < -0.39 is 151 Å². The summed E-state index contributed by atoms with van der Waals surface area (Å²) in [5.41, 5.74) is 3.13. The van der Waals surface area contributed by atoms with Crippen molar-refractivity contribution in [2.75, 3.05) is 33.4 Å². The van der Waals surface area contributed by atoms with Crippen molar-refractivity contribution in [3.05, 3.63) is 155 Å². The summed E-state index contributed by atoms with van der Waals surface area (Å²) in [6, 6.07) is 18.1. The van der Waals surface area contributed by atoms with Crippen molar-refractivity contribution in [3.8, 4) is 11.5 Å². The van der Waals surface area contributed by atoms with Crippen LogP contribution in [0.5, 0.6) is 11.5 Å². The molecule has 9 N–H and O–H groups in total. The Morgan fingerprint density at radius 3 is 1.31 bits per heavy atom. The molecule has 12 rings (SSSR count). The number of hydrogen-bond donors (Lipinski definition) is 9. The number of carbonyl (C=O) groups is 10. The maximum atomic E-state index is 15.0. The van der Waals surface area contributed by atoms with Gasteiger partial charge in [0.05, 0.1) is 56.9 Å². The molecule has 556 valence electrons. The number of amides is 8. The third kappa shape index (κ3) is 20.8. The minimum Gasteiger partial charge on any atom is -0.487 e. The zero-order chi connectivity index (χ0) is 74.7. The van der Waals surface area contributed by atoms with E-state index in [2.05, 4.69) is 57.8 Å². The van der Waals surface area contributed by atoms with Crippen LogP contribution in [-0.4, -0.2) is 197 Å². The summed E-state index contributed by atoms with van der Waals surface area (Å²) in [6.45, 7) is 11.0. The number of aromatic nitrogens is 6. The Hall–Kier alpha value is -10.7. The Kier molecular flexibility index (Phi) is 27.2. The molecule has 0 unspecified atom stereocenters. The molecule has 6 aliphatic rings. The van der Waals surface area contributed by atoms with E-state index in [-0.39, 0.29) is 71.1 Å². The molecule has 0 aliphatic carbocycles. The lowest BCUT2D eigenvalue weighted by Crippen LogP contribution is -2.59. The highest BCUT2D eigenvalue weighted by molar-refractivity contribution is 5.97. The van der Waals surface area contributed by atoms with Crippen LogP contribution in [-0.2, 0) is 96.7 Å². The highest BCUT2D eigenvalue weighted by atomic mass is 16.5. The van der Waals surface area contributed by atoms with Crippen LogP contribution < -0.4 is 46.7 Å². The van der Waals surface area contributed by atoms with Gasteiger partial charge in [-0.15, -0.1) is 10.2 Å². The number of carboxylic acid groups (broad SMARTS) is 2. The molecule has 6 aliphatic heterocycles. The molecule has 0 radical (unpaired) electrons. The van der Waals surface area contributed by atoms with Crippen molar-refractivity contribution < 1.29 is 77.1 Å². The van der Waals surface area contributed by atoms with Crippen molar-refractivity contribution in [2.45, 2.75) is 173 Å². The van der Waals surface area contributed by atoms with Crippen LogP contribution in [0.1, 0.15) is 113 Å². The molecule has 104 heavy (non-hydrogen) atoms. The van der Waals surface area contributed by atoms with Crippen molar-refractivity contribution in [1.29, 1.82) is 0 Å². The van der Waals surface area contributed by atoms with Crippen LogP contribution in [0.3, 0.4) is 0 Å². The fourth-order valence-electron chi connectivity index (χ4n) is 12.2. The Bertz CT molecular complexity index is 3680. The second-order valence-corrected chi connectivity index (χ2v) is 27.1. The summed E-state index contributed by atoms with van der Waals surface area (Å²) in [6.07, 6.45) is 3.15. The van der Waals surface area contributed by atoms with E-state index in [4.69, 9.17) is 18.9 Å². The lowest BCUT2D eigenvalue weighted by atomic mass is 10.00. The van der Waals surface area contributed by atoms with Gasteiger partial charge in [0.2, 0.25) is 47.3 Å². The van der Waals surface area contributed by atoms with Gasteiger partial charge in [-0.1, -0.05) is 137 Å². The van der Waals surface area contributed by atoms with Gasteiger partial charge in [0, 0.05) is 44.7 Å². The molecular formula is C73H93N15O16. The number of nitrogens with one attached hydrogen (secondary N) is 7. The second kappa shape index (κ2) is 36.5. The largest absolute Gasteiger partial charge is 0.487 e. The maximum absolute atomic E-state index is 15.0.